The van der Waals surface area contributed by atoms with Gasteiger partial charge in [-0.3, -0.25) is 4.79 Å². The molecule has 2 saturated heterocycles. The van der Waals surface area contributed by atoms with Crippen LogP contribution >= 0.6 is 0 Å². The summed E-state index contributed by atoms with van der Waals surface area (Å²) in [6.45, 7) is 4.33. The van der Waals surface area contributed by atoms with Crippen LogP contribution in [0.3, 0.4) is 0 Å². The summed E-state index contributed by atoms with van der Waals surface area (Å²) in [5.41, 5.74) is 2.96. The Bertz CT molecular complexity index is 1770. The van der Waals surface area contributed by atoms with Crippen LogP contribution in [0.2, 0.25) is 0 Å². The Morgan fingerprint density at radius 3 is 2.44 bits per heavy atom. The van der Waals surface area contributed by atoms with Crippen molar-refractivity contribution >= 4 is 22.9 Å². The summed E-state index contributed by atoms with van der Waals surface area (Å²) in [5.74, 6) is 1.71. The number of anilines is 1. The summed E-state index contributed by atoms with van der Waals surface area (Å²) in [7, 11) is 4.59. The second-order valence-corrected chi connectivity index (χ2v) is 12.7. The summed E-state index contributed by atoms with van der Waals surface area (Å²) in [6, 6.07) is 20.8. The number of likely N-dealkylation sites (tertiary alicyclic amines) is 2. The summed E-state index contributed by atoms with van der Waals surface area (Å²) >= 11 is 0. The zero-order valence-electron chi connectivity index (χ0n) is 27.9. The molecule has 2 aliphatic heterocycles. The first-order chi connectivity index (χ1) is 23.4. The third kappa shape index (κ3) is 6.76. The predicted octanol–water partition coefficient (Wildman–Crippen LogP) is 5.87. The molecular weight excluding hydrogens is 611 g/mol. The van der Waals surface area contributed by atoms with E-state index in [4.69, 9.17) is 19.2 Å². The molecule has 252 valence electrons. The Labute approximate surface area is 281 Å². The van der Waals surface area contributed by atoms with Gasteiger partial charge >= 0.3 is 0 Å². The van der Waals surface area contributed by atoms with Crippen LogP contribution in [0.5, 0.6) is 17.2 Å². The molecule has 1 unspecified atom stereocenters. The molecule has 1 aromatic heterocycles. The topological polar surface area (TPSA) is 105 Å². The number of hydrogen-bond donors (Lipinski definition) is 1. The molecule has 0 aliphatic carbocycles. The number of nitrogens with zero attached hydrogens (tertiary/aromatic N) is 5. The third-order valence-electron chi connectivity index (χ3n) is 9.92. The third-order valence-corrected chi connectivity index (χ3v) is 9.92. The van der Waals surface area contributed by atoms with E-state index in [2.05, 4.69) is 20.9 Å². The predicted molar refractivity (Wildman–Crippen MR) is 182 cm³/mol. The number of nitriles is 1. The molecule has 11 heteroatoms. The summed E-state index contributed by atoms with van der Waals surface area (Å²) in [6.07, 6.45) is 3.88. The lowest BCUT2D eigenvalue weighted by Gasteiger charge is -2.36. The van der Waals surface area contributed by atoms with E-state index in [0.717, 1.165) is 67.9 Å². The maximum Gasteiger partial charge on any atom is 0.254 e. The minimum Gasteiger partial charge on any atom is -0.493 e. The number of aryl methyl sites for hydroxylation is 1. The van der Waals surface area contributed by atoms with Gasteiger partial charge in [0.25, 0.3) is 5.91 Å². The van der Waals surface area contributed by atoms with Crippen molar-refractivity contribution in [2.75, 3.05) is 59.4 Å². The fourth-order valence-corrected chi connectivity index (χ4v) is 7.26. The fourth-order valence-electron chi connectivity index (χ4n) is 7.26. The zero-order valence-corrected chi connectivity index (χ0v) is 27.9. The zero-order chi connectivity index (χ0) is 33.7. The Hall–Kier alpha value is -4.82. The van der Waals surface area contributed by atoms with Crippen LogP contribution in [0, 0.1) is 17.1 Å². The standard InChI is InChI=1S/C37H43FN6O4/c1-46-32-22-26(23-33(47-2)34(32)48-3)35(45)43-21-15-37(25-43,27-8-6-9-28(38)24-27)14-20-42-18-12-29(13-19-42)40-36-41-30-10-4-5-11-31(30)44(36)17-7-16-39/h4-6,8-11,22-24,29H,7,12-15,17-21,25H2,1-3H3,(H,40,41). The molecule has 3 aromatic carbocycles. The first-order valence-corrected chi connectivity index (χ1v) is 16.5. The monoisotopic (exact) mass is 654 g/mol. The molecule has 1 atom stereocenters. The van der Waals surface area contributed by atoms with Crippen molar-refractivity contribution in [3.63, 3.8) is 0 Å². The van der Waals surface area contributed by atoms with Gasteiger partial charge in [0.15, 0.2) is 11.5 Å². The molecule has 3 heterocycles. The lowest BCUT2D eigenvalue weighted by Crippen LogP contribution is -2.42. The number of carbonyl (C=O) groups is 1. The van der Waals surface area contributed by atoms with Crippen molar-refractivity contribution < 1.29 is 23.4 Å². The number of amides is 1. The van der Waals surface area contributed by atoms with Gasteiger partial charge < -0.3 is 33.9 Å². The number of benzene rings is 3. The average molecular weight is 655 g/mol. The van der Waals surface area contributed by atoms with Gasteiger partial charge in [0.1, 0.15) is 5.82 Å². The summed E-state index contributed by atoms with van der Waals surface area (Å²) in [5, 5.41) is 12.9. The molecule has 1 amide bonds. The molecule has 0 bridgehead atoms. The minimum atomic E-state index is -0.376. The maximum atomic E-state index is 14.6. The maximum absolute atomic E-state index is 14.6. The second-order valence-electron chi connectivity index (χ2n) is 12.7. The second kappa shape index (κ2) is 14.5. The van der Waals surface area contributed by atoms with E-state index in [0.29, 0.717) is 48.9 Å². The number of piperidine rings is 1. The van der Waals surface area contributed by atoms with Crippen LogP contribution in [0.15, 0.2) is 60.7 Å². The van der Waals surface area contributed by atoms with Gasteiger partial charge in [-0.2, -0.15) is 5.26 Å². The number of hydrogen-bond acceptors (Lipinski definition) is 8. The molecule has 48 heavy (non-hydrogen) atoms. The van der Waals surface area contributed by atoms with Crippen molar-refractivity contribution in [2.45, 2.75) is 50.1 Å². The van der Waals surface area contributed by atoms with Gasteiger partial charge in [-0.25, -0.2) is 9.37 Å². The molecule has 0 spiro atoms. The first-order valence-electron chi connectivity index (χ1n) is 16.5. The number of para-hydroxylation sites is 2. The first kappa shape index (κ1) is 33.1. The number of halogens is 1. The molecule has 1 N–H and O–H groups in total. The number of fused-ring (bicyclic) bond motifs is 1. The fraction of sp³-hybridized carbons (Fsp3) is 0.432. The van der Waals surface area contributed by atoms with Gasteiger partial charge in [0.2, 0.25) is 11.7 Å². The highest BCUT2D eigenvalue weighted by Gasteiger charge is 2.42. The van der Waals surface area contributed by atoms with Crippen molar-refractivity contribution in [3.05, 3.63) is 77.6 Å². The van der Waals surface area contributed by atoms with Crippen molar-refractivity contribution in [1.29, 1.82) is 5.26 Å². The minimum absolute atomic E-state index is 0.125. The van der Waals surface area contributed by atoms with Crippen molar-refractivity contribution in [1.82, 2.24) is 19.4 Å². The molecule has 4 aromatic rings. The van der Waals surface area contributed by atoms with E-state index in [9.17, 15) is 14.4 Å². The highest BCUT2D eigenvalue weighted by atomic mass is 19.1. The number of carbonyl (C=O) groups excluding carboxylic acids is 1. The van der Waals surface area contributed by atoms with Crippen LogP contribution in [-0.4, -0.2) is 85.4 Å². The van der Waals surface area contributed by atoms with Gasteiger partial charge in [-0.05, 0) is 74.2 Å². The van der Waals surface area contributed by atoms with E-state index in [-0.39, 0.29) is 23.2 Å². The molecule has 10 nitrogen and oxygen atoms in total. The molecule has 6 rings (SSSR count). The summed E-state index contributed by atoms with van der Waals surface area (Å²) < 4.78 is 33.1. The van der Waals surface area contributed by atoms with Gasteiger partial charge in [-0.15, -0.1) is 0 Å². The van der Waals surface area contributed by atoms with Crippen LogP contribution in [0.4, 0.5) is 10.3 Å². The van der Waals surface area contributed by atoms with E-state index >= 15 is 0 Å². The van der Waals surface area contributed by atoms with Crippen LogP contribution < -0.4 is 19.5 Å². The highest BCUT2D eigenvalue weighted by Crippen LogP contribution is 2.42. The van der Waals surface area contributed by atoms with Crippen LogP contribution in [-0.2, 0) is 12.0 Å². The largest absolute Gasteiger partial charge is 0.493 e. The van der Waals surface area contributed by atoms with Crippen molar-refractivity contribution in [2.24, 2.45) is 0 Å². The normalized spacial score (nSPS) is 18.5. The Morgan fingerprint density at radius 1 is 1.00 bits per heavy atom. The van der Waals surface area contributed by atoms with Crippen LogP contribution in [0.25, 0.3) is 11.0 Å². The number of nitrogens with one attached hydrogen (secondary N) is 1. The molecule has 2 aliphatic rings. The quantitative estimate of drug-likeness (QED) is 0.203. The molecule has 0 radical (unpaired) electrons. The van der Waals surface area contributed by atoms with E-state index in [1.165, 1.54) is 27.4 Å². The van der Waals surface area contributed by atoms with Crippen molar-refractivity contribution in [3.8, 4) is 23.3 Å². The number of ether oxygens (including phenoxy) is 3. The lowest BCUT2D eigenvalue weighted by atomic mass is 9.76. The number of aromatic nitrogens is 2. The number of rotatable bonds is 12. The lowest BCUT2D eigenvalue weighted by molar-refractivity contribution is 0.0779. The molecular formula is C37H43FN6O4. The Morgan fingerprint density at radius 2 is 1.75 bits per heavy atom. The smallest absolute Gasteiger partial charge is 0.254 e. The number of methoxy groups -OCH3 is 3. The number of imidazole rings is 1. The summed E-state index contributed by atoms with van der Waals surface area (Å²) in [4.78, 5) is 23.0. The van der Waals surface area contributed by atoms with E-state index in [1.54, 1.807) is 24.3 Å². The molecule has 2 fully saturated rings. The van der Waals surface area contributed by atoms with E-state index < -0.39 is 0 Å². The Kier molecular flexibility index (Phi) is 10.0. The average Bonchev–Trinajstić information content (AvgIpc) is 3.71. The SMILES string of the molecule is COc1cc(C(=O)N2CCC(CCN3CCC(Nc4nc5ccccc5n4CCC#N)CC3)(c3cccc(F)c3)C2)cc(OC)c1OC. The van der Waals surface area contributed by atoms with Gasteiger partial charge in [0.05, 0.1) is 44.9 Å². The Balaban J connectivity index is 1.13. The van der Waals surface area contributed by atoms with Gasteiger partial charge in [-0.1, -0.05) is 24.3 Å². The van der Waals surface area contributed by atoms with Gasteiger partial charge in [0, 0.05) is 49.7 Å². The van der Waals surface area contributed by atoms with E-state index in [1.807, 2.05) is 35.2 Å². The van der Waals surface area contributed by atoms with Crippen LogP contribution in [0.1, 0.15) is 48.0 Å². The molecule has 0 saturated carbocycles. The highest BCUT2D eigenvalue weighted by molar-refractivity contribution is 5.96.